The molecule has 0 saturated carbocycles. The molecule has 0 radical (unpaired) electrons. The van der Waals surface area contributed by atoms with E-state index in [9.17, 15) is 13.6 Å². The fourth-order valence-corrected chi connectivity index (χ4v) is 4.20. The molecule has 1 aliphatic rings. The van der Waals surface area contributed by atoms with Gasteiger partial charge < -0.3 is 15.5 Å². The van der Waals surface area contributed by atoms with E-state index >= 15 is 0 Å². The highest BCUT2D eigenvalue weighted by atomic mass is 32.2. The van der Waals surface area contributed by atoms with Crippen LogP contribution in [0.1, 0.15) is 22.5 Å². The first kappa shape index (κ1) is 22.8. The monoisotopic (exact) mass is 493 g/mol. The minimum absolute atomic E-state index is 0.355. The molecule has 1 saturated heterocycles. The number of H-pyrrole nitrogens is 1. The van der Waals surface area contributed by atoms with Gasteiger partial charge in [-0.15, -0.1) is 0 Å². The lowest BCUT2D eigenvalue weighted by atomic mass is 10.2. The second-order valence-corrected chi connectivity index (χ2v) is 9.02. The Morgan fingerprint density at radius 3 is 2.54 bits per heavy atom. The SMILES string of the molecule is Cc1cc(Nc2cc(N3CCC3)nc(Sc3ccc(NC(=O)c4cccc(F)c4F)cc3)n2)n[nH]1. The first-order valence-electron chi connectivity index (χ1n) is 10.9. The number of aromatic nitrogens is 4. The largest absolute Gasteiger partial charge is 0.356 e. The van der Waals surface area contributed by atoms with E-state index in [-0.39, 0.29) is 5.56 Å². The Balaban J connectivity index is 1.31. The number of benzene rings is 2. The summed E-state index contributed by atoms with van der Waals surface area (Å²) in [6.07, 6.45) is 1.13. The van der Waals surface area contributed by atoms with E-state index in [1.165, 1.54) is 23.9 Å². The summed E-state index contributed by atoms with van der Waals surface area (Å²) in [4.78, 5) is 24.7. The molecule has 178 valence electrons. The molecule has 5 rings (SSSR count). The maximum absolute atomic E-state index is 13.9. The van der Waals surface area contributed by atoms with Gasteiger partial charge >= 0.3 is 0 Å². The Morgan fingerprint density at radius 2 is 1.86 bits per heavy atom. The van der Waals surface area contributed by atoms with E-state index in [4.69, 9.17) is 0 Å². The van der Waals surface area contributed by atoms with Gasteiger partial charge in [-0.25, -0.2) is 18.7 Å². The van der Waals surface area contributed by atoms with Crippen molar-refractivity contribution in [1.29, 1.82) is 0 Å². The number of carbonyl (C=O) groups is 1. The van der Waals surface area contributed by atoms with Gasteiger partial charge in [-0.2, -0.15) is 5.10 Å². The van der Waals surface area contributed by atoms with Crippen molar-refractivity contribution in [3.8, 4) is 0 Å². The smallest absolute Gasteiger partial charge is 0.258 e. The average Bonchev–Trinajstić information content (AvgIpc) is 3.20. The number of amides is 1. The van der Waals surface area contributed by atoms with Gasteiger partial charge in [-0.1, -0.05) is 6.07 Å². The van der Waals surface area contributed by atoms with Crippen LogP contribution in [0.25, 0.3) is 0 Å². The molecule has 1 fully saturated rings. The first-order chi connectivity index (χ1) is 16.9. The molecule has 35 heavy (non-hydrogen) atoms. The Hall–Kier alpha value is -3.99. The van der Waals surface area contributed by atoms with Crippen LogP contribution < -0.4 is 15.5 Å². The molecule has 2 aromatic carbocycles. The number of halogens is 2. The van der Waals surface area contributed by atoms with Gasteiger partial charge in [0.05, 0.1) is 5.56 Å². The predicted molar refractivity (Wildman–Crippen MR) is 130 cm³/mol. The highest BCUT2D eigenvalue weighted by Gasteiger charge is 2.19. The molecule has 0 unspecified atom stereocenters. The molecule has 3 N–H and O–H groups in total. The highest BCUT2D eigenvalue weighted by Crippen LogP contribution is 2.31. The topological polar surface area (TPSA) is 98.8 Å². The Labute approximate surface area is 204 Å². The van der Waals surface area contributed by atoms with Gasteiger partial charge in [-0.05, 0) is 61.5 Å². The van der Waals surface area contributed by atoms with Gasteiger partial charge in [-0.3, -0.25) is 9.89 Å². The van der Waals surface area contributed by atoms with Crippen LogP contribution in [0.4, 0.5) is 31.9 Å². The fourth-order valence-electron chi connectivity index (χ4n) is 3.43. The molecule has 11 heteroatoms. The third-order valence-electron chi connectivity index (χ3n) is 5.35. The van der Waals surface area contributed by atoms with Crippen LogP contribution in [0.5, 0.6) is 0 Å². The number of aryl methyl sites for hydroxylation is 1. The third-order valence-corrected chi connectivity index (χ3v) is 6.22. The summed E-state index contributed by atoms with van der Waals surface area (Å²) in [5.74, 6) is -0.827. The fraction of sp³-hybridized carbons (Fsp3) is 0.167. The number of anilines is 4. The Kier molecular flexibility index (Phi) is 6.32. The van der Waals surface area contributed by atoms with Crippen LogP contribution >= 0.6 is 11.8 Å². The molecule has 0 bridgehead atoms. The van der Waals surface area contributed by atoms with Crippen molar-refractivity contribution in [3.05, 3.63) is 77.5 Å². The summed E-state index contributed by atoms with van der Waals surface area (Å²) in [7, 11) is 0. The molecule has 1 amide bonds. The van der Waals surface area contributed by atoms with Crippen molar-refractivity contribution in [3.63, 3.8) is 0 Å². The number of carbonyl (C=O) groups excluding carboxylic acids is 1. The summed E-state index contributed by atoms with van der Waals surface area (Å²) in [6, 6.07) is 14.2. The van der Waals surface area contributed by atoms with Crippen molar-refractivity contribution >= 4 is 40.8 Å². The standard InChI is InChI=1S/C24H21F2N7OS/c1-14-12-20(32-31-14)28-19-13-21(33-10-3-11-33)30-24(29-19)35-16-8-6-15(7-9-16)27-23(34)17-4-2-5-18(25)22(17)26/h2,4-9,12-13H,3,10-11H2,1H3,(H,27,34)(H2,28,29,30,31,32). The molecule has 3 heterocycles. The summed E-state index contributed by atoms with van der Waals surface area (Å²) in [6.45, 7) is 3.82. The van der Waals surface area contributed by atoms with Crippen molar-refractivity contribution in [2.75, 3.05) is 28.6 Å². The number of hydrogen-bond acceptors (Lipinski definition) is 7. The Bertz CT molecular complexity index is 1370. The molecule has 0 aliphatic carbocycles. The zero-order valence-electron chi connectivity index (χ0n) is 18.7. The molecule has 2 aromatic heterocycles. The van der Waals surface area contributed by atoms with Crippen LogP contribution in [-0.4, -0.2) is 39.2 Å². The van der Waals surface area contributed by atoms with Crippen molar-refractivity contribution < 1.29 is 13.6 Å². The van der Waals surface area contributed by atoms with Gasteiger partial charge in [0.1, 0.15) is 11.6 Å². The second-order valence-electron chi connectivity index (χ2n) is 7.98. The maximum Gasteiger partial charge on any atom is 0.258 e. The minimum Gasteiger partial charge on any atom is -0.356 e. The van der Waals surface area contributed by atoms with E-state index in [2.05, 4.69) is 35.7 Å². The van der Waals surface area contributed by atoms with Crippen LogP contribution in [-0.2, 0) is 0 Å². The number of rotatable bonds is 7. The summed E-state index contributed by atoms with van der Waals surface area (Å²) < 4.78 is 27.3. The molecule has 8 nitrogen and oxygen atoms in total. The van der Waals surface area contributed by atoms with Crippen molar-refractivity contribution in [2.45, 2.75) is 23.4 Å². The normalized spacial score (nSPS) is 12.8. The van der Waals surface area contributed by atoms with E-state index in [1.54, 1.807) is 24.3 Å². The van der Waals surface area contributed by atoms with Crippen molar-refractivity contribution in [1.82, 2.24) is 20.2 Å². The zero-order chi connectivity index (χ0) is 24.4. The van der Waals surface area contributed by atoms with Crippen molar-refractivity contribution in [2.24, 2.45) is 0 Å². The van der Waals surface area contributed by atoms with E-state index in [0.717, 1.165) is 42.0 Å². The van der Waals surface area contributed by atoms with Gasteiger partial charge in [0.15, 0.2) is 22.6 Å². The lowest BCUT2D eigenvalue weighted by molar-refractivity contribution is 0.102. The number of nitrogens with zero attached hydrogens (tertiary/aromatic N) is 4. The Morgan fingerprint density at radius 1 is 1.06 bits per heavy atom. The predicted octanol–water partition coefficient (Wildman–Crippen LogP) is 5.14. The molecule has 4 aromatic rings. The lowest BCUT2D eigenvalue weighted by Crippen LogP contribution is -2.37. The third kappa shape index (κ3) is 5.24. The number of nitrogens with one attached hydrogen (secondary N) is 3. The minimum atomic E-state index is -1.18. The van der Waals surface area contributed by atoms with Crippen LogP contribution in [0.15, 0.2) is 64.6 Å². The molecule has 1 aliphatic heterocycles. The molecule has 0 spiro atoms. The van der Waals surface area contributed by atoms with E-state index in [1.807, 2.05) is 19.1 Å². The quantitative estimate of drug-likeness (QED) is 0.307. The summed E-state index contributed by atoms with van der Waals surface area (Å²) >= 11 is 1.37. The molecular weight excluding hydrogens is 472 g/mol. The number of aromatic amines is 1. The van der Waals surface area contributed by atoms with Crippen LogP contribution in [0, 0.1) is 18.6 Å². The first-order valence-corrected chi connectivity index (χ1v) is 11.7. The van der Waals surface area contributed by atoms with Gasteiger partial charge in [0, 0.05) is 41.5 Å². The van der Waals surface area contributed by atoms with Gasteiger partial charge in [0.2, 0.25) is 0 Å². The summed E-state index contributed by atoms with van der Waals surface area (Å²) in [5, 5.41) is 13.5. The van der Waals surface area contributed by atoms with Crippen LogP contribution in [0.2, 0.25) is 0 Å². The average molecular weight is 494 g/mol. The molecule has 0 atom stereocenters. The van der Waals surface area contributed by atoms with Crippen LogP contribution in [0.3, 0.4) is 0 Å². The molecular formula is C24H21F2N7OS. The lowest BCUT2D eigenvalue weighted by Gasteiger charge is -2.32. The zero-order valence-corrected chi connectivity index (χ0v) is 19.5. The highest BCUT2D eigenvalue weighted by molar-refractivity contribution is 7.99. The second kappa shape index (κ2) is 9.71. The van der Waals surface area contributed by atoms with Gasteiger partial charge in [0.25, 0.3) is 5.91 Å². The van der Waals surface area contributed by atoms with E-state index in [0.29, 0.717) is 22.5 Å². The van der Waals surface area contributed by atoms with E-state index < -0.39 is 17.5 Å². The summed E-state index contributed by atoms with van der Waals surface area (Å²) in [5.41, 5.74) is 1.03. The number of hydrogen-bond donors (Lipinski definition) is 3. The maximum atomic E-state index is 13.9.